The predicted octanol–water partition coefficient (Wildman–Crippen LogP) is 3.45. The van der Waals surface area contributed by atoms with Crippen molar-refractivity contribution in [3.05, 3.63) is 29.8 Å². The second kappa shape index (κ2) is 4.71. The van der Waals surface area contributed by atoms with Crippen LogP contribution in [0.5, 0.6) is 0 Å². The first-order valence-electron chi connectivity index (χ1n) is 7.14. The Morgan fingerprint density at radius 2 is 2.30 bits per heavy atom. The molecule has 0 aliphatic carbocycles. The molecule has 4 rings (SSSR count). The maximum atomic E-state index is 13.4. The number of alkyl halides is 1. The number of imidazole rings is 1. The van der Waals surface area contributed by atoms with Gasteiger partial charge in [0.15, 0.2) is 0 Å². The van der Waals surface area contributed by atoms with Crippen LogP contribution in [-0.2, 0) is 11.2 Å². The Kier molecular flexibility index (Phi) is 2.97. The van der Waals surface area contributed by atoms with Crippen molar-refractivity contribution < 1.29 is 9.13 Å². The van der Waals surface area contributed by atoms with Crippen LogP contribution in [0.4, 0.5) is 4.39 Å². The normalized spacial score (nSPS) is 28.6. The van der Waals surface area contributed by atoms with Gasteiger partial charge in [-0.2, -0.15) is 0 Å². The summed E-state index contributed by atoms with van der Waals surface area (Å²) in [5, 5.41) is 0. The summed E-state index contributed by atoms with van der Waals surface area (Å²) in [6.07, 6.45) is 4.65. The zero-order valence-corrected chi connectivity index (χ0v) is 11.8. The molecule has 2 saturated heterocycles. The van der Waals surface area contributed by atoms with Crippen LogP contribution in [0.15, 0.2) is 18.2 Å². The molecular weight excluding hydrogens is 279 g/mol. The molecule has 3 unspecified atom stereocenters. The van der Waals surface area contributed by atoms with Gasteiger partial charge in [-0.1, -0.05) is 0 Å². The lowest BCUT2D eigenvalue weighted by molar-refractivity contribution is 0.0940. The van der Waals surface area contributed by atoms with Crippen LogP contribution in [0.2, 0.25) is 0 Å². The summed E-state index contributed by atoms with van der Waals surface area (Å²) in [7, 11) is 0. The molecule has 0 radical (unpaired) electrons. The minimum Gasteiger partial charge on any atom is -0.373 e. The molecule has 0 N–H and O–H groups in total. The molecule has 1 aromatic carbocycles. The van der Waals surface area contributed by atoms with Crippen molar-refractivity contribution >= 4 is 22.6 Å². The summed E-state index contributed by atoms with van der Waals surface area (Å²) >= 11 is 5.89. The van der Waals surface area contributed by atoms with E-state index in [9.17, 15) is 4.39 Å². The molecule has 1 aromatic heterocycles. The number of nitrogens with zero attached hydrogens (tertiary/aromatic N) is 2. The Hall–Kier alpha value is -1.13. The first-order chi connectivity index (χ1) is 9.76. The van der Waals surface area contributed by atoms with Crippen LogP contribution in [0, 0.1) is 5.82 Å². The molecule has 3 nitrogen and oxygen atoms in total. The first-order valence-corrected chi connectivity index (χ1v) is 7.67. The van der Waals surface area contributed by atoms with Crippen LogP contribution in [-0.4, -0.2) is 27.6 Å². The van der Waals surface area contributed by atoms with Gasteiger partial charge in [0.1, 0.15) is 11.6 Å². The molecule has 3 atom stereocenters. The van der Waals surface area contributed by atoms with Crippen LogP contribution >= 0.6 is 11.6 Å². The van der Waals surface area contributed by atoms with E-state index in [0.717, 1.165) is 30.6 Å². The molecule has 2 aliphatic rings. The predicted molar refractivity (Wildman–Crippen MR) is 75.7 cm³/mol. The van der Waals surface area contributed by atoms with E-state index in [2.05, 4.69) is 9.55 Å². The van der Waals surface area contributed by atoms with Crippen LogP contribution in [0.25, 0.3) is 11.0 Å². The number of ether oxygens (including phenoxy) is 1. The molecule has 0 saturated carbocycles. The Morgan fingerprint density at radius 3 is 3.00 bits per heavy atom. The van der Waals surface area contributed by atoms with Gasteiger partial charge in [-0.15, -0.1) is 11.6 Å². The third kappa shape index (κ3) is 1.85. The number of hydrogen-bond acceptors (Lipinski definition) is 2. The number of benzene rings is 1. The lowest BCUT2D eigenvalue weighted by Gasteiger charge is -2.23. The van der Waals surface area contributed by atoms with Gasteiger partial charge >= 0.3 is 0 Å². The lowest BCUT2D eigenvalue weighted by atomic mass is 9.95. The third-order valence-electron chi connectivity index (χ3n) is 4.45. The fourth-order valence-electron chi connectivity index (χ4n) is 3.64. The molecule has 20 heavy (non-hydrogen) atoms. The van der Waals surface area contributed by atoms with E-state index in [4.69, 9.17) is 16.3 Å². The van der Waals surface area contributed by atoms with E-state index >= 15 is 0 Å². The number of rotatable bonds is 3. The smallest absolute Gasteiger partial charge is 0.125 e. The average molecular weight is 295 g/mol. The molecule has 0 spiro atoms. The van der Waals surface area contributed by atoms with E-state index in [0.29, 0.717) is 30.0 Å². The Labute approximate surface area is 121 Å². The summed E-state index contributed by atoms with van der Waals surface area (Å²) in [4.78, 5) is 4.57. The average Bonchev–Trinajstić information content (AvgIpc) is 3.11. The monoisotopic (exact) mass is 294 g/mol. The third-order valence-corrected chi connectivity index (χ3v) is 4.64. The standard InChI is InChI=1S/C15H16ClFN2O/c16-6-5-15-18-11-7-9(17)1-3-12(11)19(15)13-8-10-2-4-14(13)20-10/h1,3,7,10,13-14H,2,4-6,8H2. The summed E-state index contributed by atoms with van der Waals surface area (Å²) in [5.74, 6) is 1.22. The van der Waals surface area contributed by atoms with Crippen LogP contribution in [0.3, 0.4) is 0 Å². The van der Waals surface area contributed by atoms with Crippen LogP contribution < -0.4 is 0 Å². The van der Waals surface area contributed by atoms with Crippen molar-refractivity contribution in [2.45, 2.75) is 43.9 Å². The van der Waals surface area contributed by atoms with Gasteiger partial charge in [0.2, 0.25) is 0 Å². The second-order valence-electron chi connectivity index (χ2n) is 5.65. The SMILES string of the molecule is Fc1ccc2c(c1)nc(CCCl)n2C1CC2CCC1O2. The molecular formula is C15H16ClFN2O. The summed E-state index contributed by atoms with van der Waals surface area (Å²) in [5.41, 5.74) is 1.71. The summed E-state index contributed by atoms with van der Waals surface area (Å²) < 4.78 is 21.6. The topological polar surface area (TPSA) is 27.1 Å². The highest BCUT2D eigenvalue weighted by Gasteiger charge is 2.42. The minimum atomic E-state index is -0.247. The number of halogens is 2. The van der Waals surface area contributed by atoms with Gasteiger partial charge < -0.3 is 9.30 Å². The number of aromatic nitrogens is 2. The highest BCUT2D eigenvalue weighted by atomic mass is 35.5. The number of fused-ring (bicyclic) bond motifs is 3. The lowest BCUT2D eigenvalue weighted by Crippen LogP contribution is -2.22. The zero-order chi connectivity index (χ0) is 13.7. The summed E-state index contributed by atoms with van der Waals surface area (Å²) in [6, 6.07) is 5.14. The fraction of sp³-hybridized carbons (Fsp3) is 0.533. The summed E-state index contributed by atoms with van der Waals surface area (Å²) in [6.45, 7) is 0. The fourth-order valence-corrected chi connectivity index (χ4v) is 3.80. The molecule has 2 bridgehead atoms. The van der Waals surface area contributed by atoms with Crippen molar-refractivity contribution in [1.29, 1.82) is 0 Å². The molecule has 2 aromatic rings. The van der Waals surface area contributed by atoms with E-state index in [-0.39, 0.29) is 11.9 Å². The Morgan fingerprint density at radius 1 is 1.40 bits per heavy atom. The van der Waals surface area contributed by atoms with Crippen molar-refractivity contribution in [2.75, 3.05) is 5.88 Å². The molecule has 2 fully saturated rings. The second-order valence-corrected chi connectivity index (χ2v) is 6.02. The van der Waals surface area contributed by atoms with Crippen molar-refractivity contribution in [3.8, 4) is 0 Å². The minimum absolute atomic E-state index is 0.247. The van der Waals surface area contributed by atoms with Gasteiger partial charge in [-0.05, 0) is 31.4 Å². The highest BCUT2D eigenvalue weighted by molar-refractivity contribution is 6.17. The molecule has 3 heterocycles. The molecule has 5 heteroatoms. The van der Waals surface area contributed by atoms with Crippen molar-refractivity contribution in [1.82, 2.24) is 9.55 Å². The quantitative estimate of drug-likeness (QED) is 0.811. The van der Waals surface area contributed by atoms with Gasteiger partial charge in [-0.25, -0.2) is 9.37 Å². The number of aryl methyl sites for hydroxylation is 1. The van der Waals surface area contributed by atoms with E-state index in [1.165, 1.54) is 12.1 Å². The largest absolute Gasteiger partial charge is 0.373 e. The van der Waals surface area contributed by atoms with E-state index < -0.39 is 0 Å². The number of hydrogen-bond donors (Lipinski definition) is 0. The zero-order valence-electron chi connectivity index (χ0n) is 11.1. The van der Waals surface area contributed by atoms with Crippen molar-refractivity contribution in [2.24, 2.45) is 0 Å². The Bertz CT molecular complexity index is 657. The maximum Gasteiger partial charge on any atom is 0.125 e. The van der Waals surface area contributed by atoms with E-state index in [1.54, 1.807) is 0 Å². The van der Waals surface area contributed by atoms with Crippen molar-refractivity contribution in [3.63, 3.8) is 0 Å². The Balaban J connectivity index is 1.85. The first kappa shape index (κ1) is 12.6. The van der Waals surface area contributed by atoms with Gasteiger partial charge in [-0.3, -0.25) is 0 Å². The highest BCUT2D eigenvalue weighted by Crippen LogP contribution is 2.43. The maximum absolute atomic E-state index is 13.4. The van der Waals surface area contributed by atoms with Gasteiger partial charge in [0, 0.05) is 18.4 Å². The molecule has 2 aliphatic heterocycles. The molecule has 106 valence electrons. The van der Waals surface area contributed by atoms with Gasteiger partial charge in [0.25, 0.3) is 0 Å². The molecule has 0 amide bonds. The van der Waals surface area contributed by atoms with Crippen LogP contribution in [0.1, 0.15) is 31.1 Å². The van der Waals surface area contributed by atoms with Gasteiger partial charge in [0.05, 0.1) is 29.3 Å². The van der Waals surface area contributed by atoms with E-state index in [1.807, 2.05) is 6.07 Å².